The van der Waals surface area contributed by atoms with Crippen LogP contribution in [0.15, 0.2) is 54.7 Å². The van der Waals surface area contributed by atoms with Crippen molar-refractivity contribution in [3.63, 3.8) is 0 Å². The summed E-state index contributed by atoms with van der Waals surface area (Å²) in [6.07, 6.45) is 2.67. The highest BCUT2D eigenvalue weighted by Gasteiger charge is 2.35. The summed E-state index contributed by atoms with van der Waals surface area (Å²) in [6, 6.07) is 14.4. The quantitative estimate of drug-likeness (QED) is 0.522. The van der Waals surface area contributed by atoms with E-state index in [0.717, 1.165) is 35.5 Å². The second-order valence-corrected chi connectivity index (χ2v) is 6.73. The van der Waals surface area contributed by atoms with Crippen molar-refractivity contribution in [2.45, 2.75) is 19.9 Å². The second-order valence-electron chi connectivity index (χ2n) is 6.73. The maximum absolute atomic E-state index is 12.7. The topological polar surface area (TPSA) is 78.1 Å². The van der Waals surface area contributed by atoms with Gasteiger partial charge in [0.2, 0.25) is 0 Å². The number of amides is 2. The third kappa shape index (κ3) is 3.63. The van der Waals surface area contributed by atoms with Crippen molar-refractivity contribution in [2.24, 2.45) is 0 Å². The molecule has 3 aromatic rings. The van der Waals surface area contributed by atoms with E-state index in [4.69, 9.17) is 0 Å². The SMILES string of the molecule is CCCNc1[nH]ncc1C#Cc1ccccc1CN1C(=O)c2ccccc2C1=O. The Morgan fingerprint density at radius 2 is 1.62 bits per heavy atom. The van der Waals surface area contributed by atoms with Crippen LogP contribution in [-0.2, 0) is 6.54 Å². The molecule has 2 aromatic carbocycles. The summed E-state index contributed by atoms with van der Waals surface area (Å²) in [6.45, 7) is 3.10. The van der Waals surface area contributed by atoms with E-state index in [2.05, 4.69) is 34.3 Å². The zero-order valence-corrected chi connectivity index (χ0v) is 16.0. The van der Waals surface area contributed by atoms with Crippen molar-refractivity contribution in [3.8, 4) is 11.8 Å². The van der Waals surface area contributed by atoms with Gasteiger partial charge in [-0.1, -0.05) is 49.1 Å². The number of imide groups is 1. The van der Waals surface area contributed by atoms with Crippen molar-refractivity contribution >= 4 is 17.6 Å². The summed E-state index contributed by atoms with van der Waals surface area (Å²) in [5.41, 5.74) is 3.26. The van der Waals surface area contributed by atoms with E-state index in [0.29, 0.717) is 11.1 Å². The lowest BCUT2D eigenvalue weighted by atomic mass is 10.1. The molecule has 0 spiro atoms. The van der Waals surface area contributed by atoms with Crippen LogP contribution >= 0.6 is 0 Å². The first kappa shape index (κ1) is 18.5. The molecule has 0 aliphatic carbocycles. The monoisotopic (exact) mass is 384 g/mol. The predicted octanol–water partition coefficient (Wildman–Crippen LogP) is 3.43. The van der Waals surface area contributed by atoms with Gasteiger partial charge in [-0.05, 0) is 30.2 Å². The molecule has 6 nitrogen and oxygen atoms in total. The van der Waals surface area contributed by atoms with E-state index < -0.39 is 0 Å². The Morgan fingerprint density at radius 3 is 2.34 bits per heavy atom. The fourth-order valence-corrected chi connectivity index (χ4v) is 3.23. The Labute approximate surface area is 168 Å². The van der Waals surface area contributed by atoms with Gasteiger partial charge in [0, 0.05) is 12.1 Å². The van der Waals surface area contributed by atoms with E-state index in [1.807, 2.05) is 24.3 Å². The van der Waals surface area contributed by atoms with Gasteiger partial charge in [-0.2, -0.15) is 5.10 Å². The average Bonchev–Trinajstić information content (AvgIpc) is 3.30. The van der Waals surface area contributed by atoms with Gasteiger partial charge in [-0.3, -0.25) is 19.6 Å². The molecule has 0 saturated carbocycles. The molecule has 2 heterocycles. The molecule has 0 bridgehead atoms. The Kier molecular flexibility index (Phi) is 5.12. The molecule has 1 aliphatic rings. The Bertz CT molecular complexity index is 1100. The van der Waals surface area contributed by atoms with Gasteiger partial charge in [0.25, 0.3) is 11.8 Å². The second kappa shape index (κ2) is 8.03. The van der Waals surface area contributed by atoms with Crippen molar-refractivity contribution in [2.75, 3.05) is 11.9 Å². The van der Waals surface area contributed by atoms with Crippen LogP contribution in [-0.4, -0.2) is 33.5 Å². The molecule has 0 atom stereocenters. The van der Waals surface area contributed by atoms with E-state index in [9.17, 15) is 9.59 Å². The Balaban J connectivity index is 1.59. The van der Waals surface area contributed by atoms with Crippen LogP contribution in [0.4, 0.5) is 5.82 Å². The summed E-state index contributed by atoms with van der Waals surface area (Å²) in [4.78, 5) is 26.6. The first-order valence-electron chi connectivity index (χ1n) is 9.51. The normalized spacial score (nSPS) is 12.5. The number of nitrogens with one attached hydrogen (secondary N) is 2. The summed E-state index contributed by atoms with van der Waals surface area (Å²) in [5, 5.41) is 10.2. The van der Waals surface area contributed by atoms with Gasteiger partial charge in [-0.25, -0.2) is 0 Å². The molecular formula is C23H20N4O2. The van der Waals surface area contributed by atoms with Crippen LogP contribution in [0.5, 0.6) is 0 Å². The third-order valence-electron chi connectivity index (χ3n) is 4.75. The Hall–Kier alpha value is -3.85. The number of hydrogen-bond donors (Lipinski definition) is 2. The van der Waals surface area contributed by atoms with E-state index in [1.165, 1.54) is 4.90 Å². The lowest BCUT2D eigenvalue weighted by molar-refractivity contribution is 0.0642. The minimum absolute atomic E-state index is 0.184. The van der Waals surface area contributed by atoms with Crippen molar-refractivity contribution in [1.82, 2.24) is 15.1 Å². The van der Waals surface area contributed by atoms with E-state index in [1.54, 1.807) is 30.5 Å². The number of benzene rings is 2. The molecule has 0 fully saturated rings. The standard InChI is InChI=1S/C23H20N4O2/c1-2-13-24-21-17(14-25-26-21)12-11-16-7-3-4-8-18(16)15-27-22(28)19-9-5-6-10-20(19)23(27)29/h3-10,14H,2,13,15H2,1H3,(H2,24,25,26). The van der Waals surface area contributed by atoms with Gasteiger partial charge in [0.15, 0.2) is 0 Å². The number of H-pyrrole nitrogens is 1. The molecule has 4 rings (SSSR count). The van der Waals surface area contributed by atoms with Gasteiger partial charge >= 0.3 is 0 Å². The first-order valence-corrected chi connectivity index (χ1v) is 9.51. The molecule has 0 unspecified atom stereocenters. The number of nitrogens with zero attached hydrogens (tertiary/aromatic N) is 2. The third-order valence-corrected chi connectivity index (χ3v) is 4.75. The first-order chi connectivity index (χ1) is 14.2. The van der Waals surface area contributed by atoms with Gasteiger partial charge in [0.1, 0.15) is 5.82 Å². The smallest absolute Gasteiger partial charge is 0.261 e. The summed E-state index contributed by atoms with van der Waals surface area (Å²) < 4.78 is 0. The molecule has 6 heteroatoms. The molecule has 2 N–H and O–H groups in total. The van der Waals surface area contributed by atoms with Crippen LogP contribution in [0.25, 0.3) is 0 Å². The molecule has 1 aromatic heterocycles. The van der Waals surface area contributed by atoms with Crippen molar-refractivity contribution in [3.05, 3.63) is 82.5 Å². The number of hydrogen-bond acceptors (Lipinski definition) is 4. The summed E-state index contributed by atoms with van der Waals surface area (Å²) in [5.74, 6) is 6.54. The highest BCUT2D eigenvalue weighted by Crippen LogP contribution is 2.25. The lowest BCUT2D eigenvalue weighted by Crippen LogP contribution is -2.29. The maximum Gasteiger partial charge on any atom is 0.261 e. The molecule has 2 amide bonds. The zero-order valence-electron chi connectivity index (χ0n) is 16.0. The highest BCUT2D eigenvalue weighted by molar-refractivity contribution is 6.21. The summed E-state index contributed by atoms with van der Waals surface area (Å²) in [7, 11) is 0. The number of rotatable bonds is 5. The van der Waals surface area contributed by atoms with Crippen LogP contribution < -0.4 is 5.32 Å². The number of aromatic amines is 1. The number of carbonyl (C=O) groups is 2. The summed E-state index contributed by atoms with van der Waals surface area (Å²) >= 11 is 0. The molecule has 144 valence electrons. The van der Waals surface area contributed by atoms with Crippen LogP contribution in [0.3, 0.4) is 0 Å². The van der Waals surface area contributed by atoms with Crippen LogP contribution in [0.2, 0.25) is 0 Å². The maximum atomic E-state index is 12.7. The van der Waals surface area contributed by atoms with Gasteiger partial charge < -0.3 is 5.32 Å². The fourth-order valence-electron chi connectivity index (χ4n) is 3.23. The molecule has 0 radical (unpaired) electrons. The Morgan fingerprint density at radius 1 is 0.966 bits per heavy atom. The number of anilines is 1. The van der Waals surface area contributed by atoms with Gasteiger partial charge in [0.05, 0.1) is 29.4 Å². The molecule has 0 saturated heterocycles. The predicted molar refractivity (Wildman–Crippen MR) is 110 cm³/mol. The number of aromatic nitrogens is 2. The number of carbonyl (C=O) groups excluding carboxylic acids is 2. The molecular weight excluding hydrogens is 364 g/mol. The lowest BCUT2D eigenvalue weighted by Gasteiger charge is -2.15. The highest BCUT2D eigenvalue weighted by atomic mass is 16.2. The van der Waals surface area contributed by atoms with E-state index in [-0.39, 0.29) is 18.4 Å². The fraction of sp³-hybridized carbons (Fsp3) is 0.174. The van der Waals surface area contributed by atoms with Gasteiger partial charge in [-0.15, -0.1) is 0 Å². The van der Waals surface area contributed by atoms with E-state index >= 15 is 0 Å². The minimum Gasteiger partial charge on any atom is -0.369 e. The van der Waals surface area contributed by atoms with Crippen LogP contribution in [0, 0.1) is 11.8 Å². The largest absolute Gasteiger partial charge is 0.369 e. The average molecular weight is 384 g/mol. The molecule has 1 aliphatic heterocycles. The minimum atomic E-state index is -0.269. The van der Waals surface area contributed by atoms with Crippen molar-refractivity contribution < 1.29 is 9.59 Å². The zero-order chi connectivity index (χ0) is 20.2. The molecule has 29 heavy (non-hydrogen) atoms. The number of fused-ring (bicyclic) bond motifs is 1. The van der Waals surface area contributed by atoms with Crippen molar-refractivity contribution in [1.29, 1.82) is 0 Å². The van der Waals surface area contributed by atoms with Crippen LogP contribution in [0.1, 0.15) is 50.8 Å².